The van der Waals surface area contributed by atoms with Gasteiger partial charge in [-0.1, -0.05) is 31.2 Å². The van der Waals surface area contributed by atoms with Crippen molar-refractivity contribution >= 4 is 39.7 Å². The second kappa shape index (κ2) is 8.83. The Kier molecular flexibility index (Phi) is 6.23. The van der Waals surface area contributed by atoms with E-state index in [-0.39, 0.29) is 16.4 Å². The van der Waals surface area contributed by atoms with Crippen LogP contribution in [-0.2, 0) is 6.54 Å². The van der Waals surface area contributed by atoms with Crippen molar-refractivity contribution in [2.24, 2.45) is 0 Å². The van der Waals surface area contributed by atoms with E-state index in [1.807, 2.05) is 32.9 Å². The fourth-order valence-electron chi connectivity index (χ4n) is 3.15. The Labute approximate surface area is 174 Å². The number of hydrazine groups is 1. The molecule has 0 saturated carbocycles. The molecule has 0 aliphatic carbocycles. The fourth-order valence-corrected chi connectivity index (χ4v) is 3.32. The number of nitrogens with one attached hydrogen (secondary N) is 3. The van der Waals surface area contributed by atoms with Crippen LogP contribution in [0.3, 0.4) is 0 Å². The van der Waals surface area contributed by atoms with Gasteiger partial charge in [0.25, 0.3) is 11.5 Å². The molecule has 0 spiro atoms. The van der Waals surface area contributed by atoms with Gasteiger partial charge in [0.2, 0.25) is 0 Å². The Morgan fingerprint density at radius 2 is 1.72 bits per heavy atom. The summed E-state index contributed by atoms with van der Waals surface area (Å²) in [7, 11) is 0. The summed E-state index contributed by atoms with van der Waals surface area (Å²) in [6.07, 6.45) is 0.731. The molecule has 150 valence electrons. The summed E-state index contributed by atoms with van der Waals surface area (Å²) < 4.78 is 1.32. The number of hydrogen-bond donors (Lipinski definition) is 3. The summed E-state index contributed by atoms with van der Waals surface area (Å²) in [6, 6.07) is 12.9. The predicted molar refractivity (Wildman–Crippen MR) is 119 cm³/mol. The van der Waals surface area contributed by atoms with E-state index in [0.717, 1.165) is 23.2 Å². The molecule has 0 fully saturated rings. The minimum absolute atomic E-state index is 0.162. The van der Waals surface area contributed by atoms with Gasteiger partial charge in [-0.2, -0.15) is 5.10 Å². The van der Waals surface area contributed by atoms with Crippen LogP contribution in [0.25, 0.3) is 10.8 Å². The molecule has 3 N–H and O–H groups in total. The molecule has 1 aromatic heterocycles. The highest BCUT2D eigenvalue weighted by molar-refractivity contribution is 7.80. The maximum atomic E-state index is 12.8. The summed E-state index contributed by atoms with van der Waals surface area (Å²) in [6.45, 7) is 6.38. The van der Waals surface area contributed by atoms with Crippen LogP contribution in [0.2, 0.25) is 0 Å². The second-order valence-electron chi connectivity index (χ2n) is 6.83. The van der Waals surface area contributed by atoms with Crippen molar-refractivity contribution in [2.45, 2.75) is 33.7 Å². The monoisotopic (exact) mass is 409 g/mol. The minimum atomic E-state index is -0.476. The predicted octanol–water partition coefficient (Wildman–Crippen LogP) is 3.05. The SMILES string of the molecule is CCCn1nc(C(=O)NNC(=S)Nc2cc(C)cc(C)c2)c2ccccc2c1=O. The van der Waals surface area contributed by atoms with Gasteiger partial charge in [-0.05, 0) is 61.8 Å². The first kappa shape index (κ1) is 20.5. The number of nitrogens with zero attached hydrogens (tertiary/aromatic N) is 2. The third-order valence-electron chi connectivity index (χ3n) is 4.29. The molecule has 3 aromatic rings. The number of anilines is 1. The molecule has 8 heteroatoms. The molecular weight excluding hydrogens is 386 g/mol. The number of aryl methyl sites for hydroxylation is 3. The van der Waals surface area contributed by atoms with E-state index < -0.39 is 5.91 Å². The number of thiocarbonyl (C=S) groups is 1. The lowest BCUT2D eigenvalue weighted by molar-refractivity contribution is 0.0938. The molecule has 7 nitrogen and oxygen atoms in total. The van der Waals surface area contributed by atoms with Crippen molar-refractivity contribution in [3.05, 3.63) is 69.6 Å². The number of carbonyl (C=O) groups is 1. The van der Waals surface area contributed by atoms with Crippen LogP contribution in [0.5, 0.6) is 0 Å². The molecule has 0 radical (unpaired) electrons. The van der Waals surface area contributed by atoms with Crippen LogP contribution in [0.1, 0.15) is 35.0 Å². The smallest absolute Gasteiger partial charge is 0.290 e. The first-order valence-corrected chi connectivity index (χ1v) is 9.75. The topological polar surface area (TPSA) is 88.1 Å². The standard InChI is InChI=1S/C21H23N5O2S/c1-4-9-26-20(28)17-8-6-5-7-16(17)18(25-26)19(27)23-24-21(29)22-15-11-13(2)10-14(3)12-15/h5-8,10-12H,4,9H2,1-3H3,(H,23,27)(H2,22,24,29). The van der Waals surface area contributed by atoms with Crippen molar-refractivity contribution in [3.63, 3.8) is 0 Å². The van der Waals surface area contributed by atoms with Gasteiger partial charge in [-0.3, -0.25) is 20.4 Å². The molecule has 0 bridgehead atoms. The highest BCUT2D eigenvalue weighted by Gasteiger charge is 2.16. The van der Waals surface area contributed by atoms with E-state index >= 15 is 0 Å². The molecule has 0 saturated heterocycles. The first-order chi connectivity index (χ1) is 13.9. The fraction of sp³-hybridized carbons (Fsp3) is 0.238. The summed E-state index contributed by atoms with van der Waals surface area (Å²) >= 11 is 5.26. The number of carbonyl (C=O) groups excluding carboxylic acids is 1. The lowest BCUT2D eigenvalue weighted by Crippen LogP contribution is -2.44. The van der Waals surface area contributed by atoms with Gasteiger partial charge in [0.1, 0.15) is 0 Å². The van der Waals surface area contributed by atoms with Crippen LogP contribution in [0.4, 0.5) is 5.69 Å². The van der Waals surface area contributed by atoms with E-state index in [0.29, 0.717) is 17.3 Å². The Bertz CT molecular complexity index is 1120. The van der Waals surface area contributed by atoms with Crippen molar-refractivity contribution in [1.29, 1.82) is 0 Å². The molecule has 3 rings (SSSR count). The molecule has 2 aromatic carbocycles. The van der Waals surface area contributed by atoms with Crippen LogP contribution in [0, 0.1) is 13.8 Å². The third kappa shape index (κ3) is 4.78. The number of benzene rings is 2. The average molecular weight is 410 g/mol. The maximum absolute atomic E-state index is 12.8. The molecule has 0 aliphatic rings. The Hall–Kier alpha value is -3.26. The molecule has 1 heterocycles. The van der Waals surface area contributed by atoms with E-state index in [9.17, 15) is 9.59 Å². The van der Waals surface area contributed by atoms with E-state index in [4.69, 9.17) is 12.2 Å². The zero-order valence-corrected chi connectivity index (χ0v) is 17.4. The van der Waals surface area contributed by atoms with Crippen molar-refractivity contribution in [2.75, 3.05) is 5.32 Å². The zero-order valence-electron chi connectivity index (χ0n) is 16.6. The van der Waals surface area contributed by atoms with Gasteiger partial charge >= 0.3 is 0 Å². The number of aromatic nitrogens is 2. The summed E-state index contributed by atoms with van der Waals surface area (Å²) in [4.78, 5) is 25.3. The lowest BCUT2D eigenvalue weighted by Gasteiger charge is -2.14. The second-order valence-corrected chi connectivity index (χ2v) is 7.24. The van der Waals surface area contributed by atoms with E-state index in [1.165, 1.54) is 4.68 Å². The minimum Gasteiger partial charge on any atom is -0.331 e. The van der Waals surface area contributed by atoms with Gasteiger partial charge in [0.15, 0.2) is 10.8 Å². The number of fused-ring (bicyclic) bond motifs is 1. The Morgan fingerprint density at radius 1 is 1.07 bits per heavy atom. The highest BCUT2D eigenvalue weighted by atomic mass is 32.1. The van der Waals surface area contributed by atoms with Crippen LogP contribution >= 0.6 is 12.2 Å². The van der Waals surface area contributed by atoms with Gasteiger partial charge in [-0.15, -0.1) is 0 Å². The van der Waals surface area contributed by atoms with Gasteiger partial charge in [0.05, 0.1) is 5.39 Å². The first-order valence-electron chi connectivity index (χ1n) is 9.34. The molecular formula is C21H23N5O2S. The van der Waals surface area contributed by atoms with Crippen LogP contribution in [-0.4, -0.2) is 20.8 Å². The largest absolute Gasteiger partial charge is 0.331 e. The zero-order chi connectivity index (χ0) is 21.0. The summed E-state index contributed by atoms with van der Waals surface area (Å²) in [5.74, 6) is -0.476. The molecule has 1 amide bonds. The van der Waals surface area contributed by atoms with Gasteiger partial charge in [-0.25, -0.2) is 4.68 Å². The quantitative estimate of drug-likeness (QED) is 0.453. The van der Waals surface area contributed by atoms with Crippen molar-refractivity contribution < 1.29 is 4.79 Å². The normalized spacial score (nSPS) is 10.6. The Morgan fingerprint density at radius 3 is 2.38 bits per heavy atom. The number of rotatable bonds is 4. The number of amides is 1. The van der Waals surface area contributed by atoms with Crippen molar-refractivity contribution in [1.82, 2.24) is 20.6 Å². The molecule has 0 atom stereocenters. The van der Waals surface area contributed by atoms with E-state index in [2.05, 4.69) is 27.3 Å². The summed E-state index contributed by atoms with van der Waals surface area (Å²) in [5.41, 5.74) is 8.24. The Balaban J connectivity index is 1.78. The lowest BCUT2D eigenvalue weighted by atomic mass is 10.1. The average Bonchev–Trinajstić information content (AvgIpc) is 2.67. The van der Waals surface area contributed by atoms with E-state index in [1.54, 1.807) is 24.3 Å². The molecule has 29 heavy (non-hydrogen) atoms. The highest BCUT2D eigenvalue weighted by Crippen LogP contribution is 2.14. The summed E-state index contributed by atoms with van der Waals surface area (Å²) in [5, 5.41) is 8.50. The third-order valence-corrected chi connectivity index (χ3v) is 4.49. The van der Waals surface area contributed by atoms with Gasteiger partial charge in [0, 0.05) is 17.6 Å². The maximum Gasteiger partial charge on any atom is 0.290 e. The van der Waals surface area contributed by atoms with Crippen LogP contribution in [0.15, 0.2) is 47.3 Å². The van der Waals surface area contributed by atoms with Crippen LogP contribution < -0.4 is 21.7 Å². The molecule has 0 aliphatic heterocycles. The number of hydrogen-bond acceptors (Lipinski definition) is 4. The van der Waals surface area contributed by atoms with Crippen molar-refractivity contribution in [3.8, 4) is 0 Å². The van der Waals surface area contributed by atoms with Gasteiger partial charge < -0.3 is 5.32 Å². The molecule has 0 unspecified atom stereocenters.